The van der Waals surface area contributed by atoms with Crippen molar-refractivity contribution in [2.45, 2.75) is 43.7 Å². The van der Waals surface area contributed by atoms with Gasteiger partial charge in [0.05, 0.1) is 5.03 Å². The molecule has 0 spiro atoms. The lowest BCUT2D eigenvalue weighted by molar-refractivity contribution is 0.622. The second kappa shape index (κ2) is 6.41. The molecule has 1 unspecified atom stereocenters. The Morgan fingerprint density at radius 1 is 1.47 bits per heavy atom. The second-order valence-electron chi connectivity index (χ2n) is 4.90. The molecule has 1 atom stereocenters. The minimum absolute atomic E-state index is 0.406. The molecule has 94 valence electrons. The van der Waals surface area contributed by atoms with Crippen LogP contribution in [0, 0.1) is 5.92 Å². The number of aromatic nitrogens is 1. The first-order valence-corrected chi connectivity index (χ1v) is 7.54. The number of hydrogen-bond acceptors (Lipinski definition) is 3. The van der Waals surface area contributed by atoms with Crippen LogP contribution in [-0.4, -0.2) is 17.8 Å². The van der Waals surface area contributed by atoms with Crippen molar-refractivity contribution in [1.29, 1.82) is 0 Å². The lowest BCUT2D eigenvalue weighted by Crippen LogP contribution is -2.12. The lowest BCUT2D eigenvalue weighted by atomic mass is 10.1. The monoisotopic (exact) mass is 250 g/mol. The van der Waals surface area contributed by atoms with Crippen molar-refractivity contribution < 1.29 is 0 Å². The van der Waals surface area contributed by atoms with Crippen molar-refractivity contribution >= 4 is 11.8 Å². The van der Waals surface area contributed by atoms with E-state index in [0.29, 0.717) is 6.04 Å². The Hall–Kier alpha value is -0.540. The van der Waals surface area contributed by atoms with Crippen LogP contribution < -0.4 is 5.32 Å². The summed E-state index contributed by atoms with van der Waals surface area (Å²) in [7, 11) is 2.00. The Labute approximate surface area is 109 Å². The van der Waals surface area contributed by atoms with Crippen molar-refractivity contribution in [3.63, 3.8) is 0 Å². The third kappa shape index (κ3) is 3.71. The van der Waals surface area contributed by atoms with Crippen molar-refractivity contribution in [2.24, 2.45) is 5.92 Å². The third-order valence-electron chi connectivity index (χ3n) is 3.63. The molecule has 1 aromatic heterocycles. The summed E-state index contributed by atoms with van der Waals surface area (Å²) < 4.78 is 0. The summed E-state index contributed by atoms with van der Waals surface area (Å²) in [6.07, 6.45) is 7.62. The first-order valence-electron chi connectivity index (χ1n) is 6.55. The van der Waals surface area contributed by atoms with Gasteiger partial charge in [-0.15, -0.1) is 11.8 Å². The molecule has 0 aromatic carbocycles. The molecule has 0 bridgehead atoms. The van der Waals surface area contributed by atoms with E-state index in [2.05, 4.69) is 29.4 Å². The fraction of sp³-hybridized carbons (Fsp3) is 0.643. The molecule has 1 saturated carbocycles. The number of hydrogen-bond donors (Lipinski definition) is 1. The van der Waals surface area contributed by atoms with Crippen molar-refractivity contribution in [1.82, 2.24) is 10.3 Å². The van der Waals surface area contributed by atoms with E-state index < -0.39 is 0 Å². The number of nitrogens with zero attached hydrogens (tertiary/aromatic N) is 1. The summed E-state index contributed by atoms with van der Waals surface area (Å²) in [5, 5.41) is 4.45. The third-order valence-corrected chi connectivity index (χ3v) is 4.79. The van der Waals surface area contributed by atoms with Gasteiger partial charge in [-0.25, -0.2) is 4.98 Å². The summed E-state index contributed by atoms with van der Waals surface area (Å²) in [4.78, 5) is 4.45. The van der Waals surface area contributed by atoms with E-state index in [-0.39, 0.29) is 0 Å². The van der Waals surface area contributed by atoms with E-state index in [1.165, 1.54) is 42.0 Å². The van der Waals surface area contributed by atoms with Gasteiger partial charge in [0.2, 0.25) is 0 Å². The molecule has 1 fully saturated rings. The van der Waals surface area contributed by atoms with Gasteiger partial charge in [0, 0.05) is 18.0 Å². The Bertz CT molecular complexity index is 348. The van der Waals surface area contributed by atoms with Crippen molar-refractivity contribution in [3.8, 4) is 0 Å². The average molecular weight is 250 g/mol. The number of pyridine rings is 1. The van der Waals surface area contributed by atoms with Gasteiger partial charge in [-0.1, -0.05) is 12.8 Å². The predicted molar refractivity (Wildman–Crippen MR) is 74.4 cm³/mol. The molecule has 1 aromatic rings. The summed E-state index contributed by atoms with van der Waals surface area (Å²) in [6, 6.07) is 4.73. The molecule has 17 heavy (non-hydrogen) atoms. The summed E-state index contributed by atoms with van der Waals surface area (Å²) in [5.41, 5.74) is 1.33. The van der Waals surface area contributed by atoms with Crippen molar-refractivity contribution in [2.75, 3.05) is 12.8 Å². The van der Waals surface area contributed by atoms with E-state index in [9.17, 15) is 0 Å². The summed E-state index contributed by atoms with van der Waals surface area (Å²) in [6.45, 7) is 2.18. The van der Waals surface area contributed by atoms with E-state index in [1.54, 1.807) is 0 Å². The molecular weight excluding hydrogens is 228 g/mol. The van der Waals surface area contributed by atoms with E-state index in [4.69, 9.17) is 0 Å². The zero-order valence-corrected chi connectivity index (χ0v) is 11.6. The molecule has 1 aliphatic rings. The molecule has 3 heteroatoms. The maximum atomic E-state index is 4.45. The molecule has 2 nitrogen and oxygen atoms in total. The standard InChI is InChI=1S/C14H22N2S/c1-11(15-2)13-7-8-16-14(9-13)17-10-12-5-3-4-6-12/h7-9,11-12,15H,3-6,10H2,1-2H3. The van der Waals surface area contributed by atoms with Crippen LogP contribution in [0.5, 0.6) is 0 Å². The molecule has 0 radical (unpaired) electrons. The van der Waals surface area contributed by atoms with Crippen molar-refractivity contribution in [3.05, 3.63) is 23.9 Å². The van der Waals surface area contributed by atoms with E-state index >= 15 is 0 Å². The highest BCUT2D eigenvalue weighted by molar-refractivity contribution is 7.99. The van der Waals surface area contributed by atoms with E-state index in [1.807, 2.05) is 25.0 Å². The van der Waals surface area contributed by atoms with Gasteiger partial charge in [0.25, 0.3) is 0 Å². The van der Waals surface area contributed by atoms with Gasteiger partial charge in [0.1, 0.15) is 0 Å². The molecular formula is C14H22N2S. The van der Waals surface area contributed by atoms with Crippen LogP contribution in [0.4, 0.5) is 0 Å². The van der Waals surface area contributed by atoms with Crippen LogP contribution in [0.25, 0.3) is 0 Å². The average Bonchev–Trinajstić information content (AvgIpc) is 2.89. The summed E-state index contributed by atoms with van der Waals surface area (Å²) >= 11 is 1.92. The van der Waals surface area contributed by atoms with Crippen LogP contribution >= 0.6 is 11.8 Å². The Morgan fingerprint density at radius 2 is 2.24 bits per heavy atom. The Morgan fingerprint density at radius 3 is 2.94 bits per heavy atom. The fourth-order valence-electron chi connectivity index (χ4n) is 2.32. The van der Waals surface area contributed by atoms with Crippen LogP contribution in [0.2, 0.25) is 0 Å². The van der Waals surface area contributed by atoms with E-state index in [0.717, 1.165) is 5.92 Å². The highest BCUT2D eigenvalue weighted by atomic mass is 32.2. The number of thioether (sulfide) groups is 1. The molecule has 0 amide bonds. The van der Waals surface area contributed by atoms with Crippen LogP contribution in [-0.2, 0) is 0 Å². The van der Waals surface area contributed by atoms with Crippen LogP contribution in [0.3, 0.4) is 0 Å². The topological polar surface area (TPSA) is 24.9 Å². The Balaban J connectivity index is 1.91. The minimum atomic E-state index is 0.406. The maximum absolute atomic E-state index is 4.45. The van der Waals surface area contributed by atoms with Gasteiger partial charge in [-0.2, -0.15) is 0 Å². The number of nitrogens with one attached hydrogen (secondary N) is 1. The number of rotatable bonds is 5. The normalized spacial score (nSPS) is 18.5. The minimum Gasteiger partial charge on any atom is -0.313 e. The predicted octanol–water partition coefficient (Wildman–Crippen LogP) is 3.64. The fourth-order valence-corrected chi connectivity index (χ4v) is 3.41. The van der Waals surface area contributed by atoms with Crippen LogP contribution in [0.1, 0.15) is 44.2 Å². The van der Waals surface area contributed by atoms with Crippen LogP contribution in [0.15, 0.2) is 23.4 Å². The molecule has 1 N–H and O–H groups in total. The highest BCUT2D eigenvalue weighted by Crippen LogP contribution is 2.30. The lowest BCUT2D eigenvalue weighted by Gasteiger charge is -2.12. The first kappa shape index (κ1) is 12.9. The van der Waals surface area contributed by atoms with Gasteiger partial charge < -0.3 is 5.32 Å². The maximum Gasteiger partial charge on any atom is 0.0963 e. The SMILES string of the molecule is CNC(C)c1ccnc(SCC2CCCC2)c1. The van der Waals surface area contributed by atoms with Gasteiger partial charge >= 0.3 is 0 Å². The smallest absolute Gasteiger partial charge is 0.0963 e. The quantitative estimate of drug-likeness (QED) is 0.808. The second-order valence-corrected chi connectivity index (χ2v) is 5.94. The molecule has 0 aliphatic heterocycles. The molecule has 1 heterocycles. The Kier molecular flexibility index (Phi) is 4.86. The zero-order valence-electron chi connectivity index (χ0n) is 10.8. The van der Waals surface area contributed by atoms with Gasteiger partial charge in [0.15, 0.2) is 0 Å². The first-order chi connectivity index (χ1) is 8.29. The highest BCUT2D eigenvalue weighted by Gasteiger charge is 2.15. The van der Waals surface area contributed by atoms with Gasteiger partial charge in [-0.05, 0) is 50.4 Å². The molecule has 0 saturated heterocycles. The molecule has 2 rings (SSSR count). The molecule has 1 aliphatic carbocycles. The van der Waals surface area contributed by atoms with Gasteiger partial charge in [-0.3, -0.25) is 0 Å². The largest absolute Gasteiger partial charge is 0.313 e. The summed E-state index contributed by atoms with van der Waals surface area (Å²) in [5.74, 6) is 2.16. The zero-order chi connectivity index (χ0) is 12.1.